The summed E-state index contributed by atoms with van der Waals surface area (Å²) in [6.45, 7) is 3.14. The molecule has 0 saturated heterocycles. The van der Waals surface area contributed by atoms with Crippen molar-refractivity contribution in [3.8, 4) is 5.75 Å². The predicted octanol–water partition coefficient (Wildman–Crippen LogP) is 4.73. The highest BCUT2D eigenvalue weighted by atomic mass is 35.5. The molecule has 0 aromatic heterocycles. The van der Waals surface area contributed by atoms with Crippen LogP contribution in [0.4, 0.5) is 11.4 Å². The fourth-order valence-electron chi connectivity index (χ4n) is 2.88. The normalized spacial score (nSPS) is 11.0. The van der Waals surface area contributed by atoms with E-state index in [1.54, 1.807) is 62.4 Å². The topological polar surface area (TPSA) is 123 Å². The molecule has 9 nitrogen and oxygen atoms in total. The third kappa shape index (κ3) is 6.63. The second-order valence-corrected chi connectivity index (χ2v) is 7.70. The number of nitrogens with zero attached hydrogens (tertiary/aromatic N) is 2. The number of hydrogen-bond acceptors (Lipinski definition) is 6. The molecule has 0 heterocycles. The summed E-state index contributed by atoms with van der Waals surface area (Å²) in [5.41, 5.74) is 4.65. The Kier molecular flexibility index (Phi) is 7.94. The number of ether oxygens (including phenoxy) is 1. The van der Waals surface area contributed by atoms with Gasteiger partial charge in [0, 0.05) is 27.9 Å². The van der Waals surface area contributed by atoms with E-state index >= 15 is 0 Å². The molecular weight excluding hydrogens is 460 g/mol. The molecule has 3 aromatic carbocycles. The van der Waals surface area contributed by atoms with E-state index in [9.17, 15) is 19.7 Å². The average Bonchev–Trinajstić information content (AvgIpc) is 2.82. The van der Waals surface area contributed by atoms with Crippen LogP contribution in [-0.4, -0.2) is 29.1 Å². The molecule has 2 amide bonds. The Hall–Kier alpha value is -4.24. The first-order valence-corrected chi connectivity index (χ1v) is 10.5. The number of carbonyl (C=O) groups excluding carboxylic acids is 2. The molecular formula is C24H21ClN4O5. The van der Waals surface area contributed by atoms with E-state index in [1.165, 1.54) is 18.2 Å². The molecule has 0 fully saturated rings. The van der Waals surface area contributed by atoms with Crippen LogP contribution in [0.25, 0.3) is 0 Å². The van der Waals surface area contributed by atoms with Crippen LogP contribution in [0.5, 0.6) is 5.75 Å². The lowest BCUT2D eigenvalue weighted by Gasteiger charge is -2.08. The van der Waals surface area contributed by atoms with Gasteiger partial charge in [-0.3, -0.25) is 19.7 Å². The Morgan fingerprint density at radius 1 is 1.03 bits per heavy atom. The predicted molar refractivity (Wildman–Crippen MR) is 130 cm³/mol. The van der Waals surface area contributed by atoms with Crippen molar-refractivity contribution in [2.75, 3.05) is 11.9 Å². The van der Waals surface area contributed by atoms with Crippen molar-refractivity contribution in [1.29, 1.82) is 0 Å². The molecule has 0 aliphatic heterocycles. The van der Waals surface area contributed by atoms with Gasteiger partial charge >= 0.3 is 0 Å². The summed E-state index contributed by atoms with van der Waals surface area (Å²) in [4.78, 5) is 34.9. The molecule has 0 aliphatic rings. The standard InChI is InChI=1S/C24H21ClN4O5/c1-15-3-4-18(13-22(15)29(32)33)24(31)28-27-16(2)17-5-9-20(10-6-17)26-23(30)14-34-21-11-7-19(25)8-12-21/h3-13H,14H2,1-2H3,(H,26,30)(H,28,31). The third-order valence-corrected chi connectivity index (χ3v) is 5.02. The zero-order chi connectivity index (χ0) is 24.7. The van der Waals surface area contributed by atoms with E-state index in [0.717, 1.165) is 0 Å². The van der Waals surface area contributed by atoms with Gasteiger partial charge in [0.05, 0.1) is 10.6 Å². The number of halogens is 1. The van der Waals surface area contributed by atoms with Crippen molar-refractivity contribution in [2.24, 2.45) is 5.10 Å². The molecule has 3 aromatic rings. The molecule has 0 radical (unpaired) electrons. The molecule has 0 atom stereocenters. The van der Waals surface area contributed by atoms with E-state index in [2.05, 4.69) is 15.8 Å². The summed E-state index contributed by atoms with van der Waals surface area (Å²) in [5, 5.41) is 18.4. The maximum Gasteiger partial charge on any atom is 0.273 e. The Morgan fingerprint density at radius 2 is 1.68 bits per heavy atom. The molecule has 0 bridgehead atoms. The Labute approximate surface area is 200 Å². The summed E-state index contributed by atoms with van der Waals surface area (Å²) in [6.07, 6.45) is 0. The number of nitro groups is 1. The number of aryl methyl sites for hydroxylation is 1. The monoisotopic (exact) mass is 480 g/mol. The van der Waals surface area contributed by atoms with Crippen molar-refractivity contribution < 1.29 is 19.2 Å². The number of rotatable bonds is 8. The van der Waals surface area contributed by atoms with Gasteiger partial charge in [-0.25, -0.2) is 5.43 Å². The van der Waals surface area contributed by atoms with Crippen molar-refractivity contribution in [1.82, 2.24) is 5.43 Å². The highest BCUT2D eigenvalue weighted by Crippen LogP contribution is 2.19. The van der Waals surface area contributed by atoms with E-state index in [0.29, 0.717) is 33.3 Å². The quantitative estimate of drug-likeness (QED) is 0.274. The summed E-state index contributed by atoms with van der Waals surface area (Å²) < 4.78 is 5.41. The number of benzene rings is 3. The van der Waals surface area contributed by atoms with Crippen LogP contribution < -0.4 is 15.5 Å². The molecule has 0 unspecified atom stereocenters. The lowest BCUT2D eigenvalue weighted by Crippen LogP contribution is -2.20. The number of carbonyl (C=O) groups is 2. The summed E-state index contributed by atoms with van der Waals surface area (Å²) in [7, 11) is 0. The van der Waals surface area contributed by atoms with Crippen LogP contribution in [0.2, 0.25) is 5.02 Å². The van der Waals surface area contributed by atoms with Gasteiger partial charge in [-0.05, 0) is 61.9 Å². The van der Waals surface area contributed by atoms with Crippen molar-refractivity contribution in [3.05, 3.63) is 98.6 Å². The third-order valence-electron chi connectivity index (χ3n) is 4.76. The Balaban J connectivity index is 1.55. The lowest BCUT2D eigenvalue weighted by atomic mass is 10.1. The molecule has 0 spiro atoms. The molecule has 174 valence electrons. The summed E-state index contributed by atoms with van der Waals surface area (Å²) >= 11 is 5.81. The highest BCUT2D eigenvalue weighted by molar-refractivity contribution is 6.30. The van der Waals surface area contributed by atoms with Gasteiger partial charge in [-0.15, -0.1) is 0 Å². The number of amides is 2. The summed E-state index contributed by atoms with van der Waals surface area (Å²) in [5.74, 6) is -0.358. The fourth-order valence-corrected chi connectivity index (χ4v) is 3.01. The number of anilines is 1. The smallest absolute Gasteiger partial charge is 0.273 e. The van der Waals surface area contributed by atoms with E-state index in [1.807, 2.05) is 0 Å². The van der Waals surface area contributed by atoms with Gasteiger partial charge in [-0.1, -0.05) is 29.8 Å². The molecule has 3 rings (SSSR count). The minimum Gasteiger partial charge on any atom is -0.484 e. The van der Waals surface area contributed by atoms with E-state index < -0.39 is 10.8 Å². The Bertz CT molecular complexity index is 1240. The average molecular weight is 481 g/mol. The number of hydrazone groups is 1. The molecule has 10 heteroatoms. The van der Waals surface area contributed by atoms with Crippen molar-refractivity contribution in [2.45, 2.75) is 13.8 Å². The number of nitrogens with one attached hydrogen (secondary N) is 2. The van der Waals surface area contributed by atoms with E-state index in [-0.39, 0.29) is 23.8 Å². The molecule has 0 aliphatic carbocycles. The van der Waals surface area contributed by atoms with Crippen molar-refractivity contribution in [3.63, 3.8) is 0 Å². The number of nitro benzene ring substituents is 1. The van der Waals surface area contributed by atoms with Crippen LogP contribution in [0.3, 0.4) is 0 Å². The second kappa shape index (κ2) is 11.1. The molecule has 0 saturated carbocycles. The van der Waals surface area contributed by atoms with Gasteiger partial charge in [0.1, 0.15) is 5.75 Å². The minimum absolute atomic E-state index is 0.132. The second-order valence-electron chi connectivity index (χ2n) is 7.26. The maximum absolute atomic E-state index is 12.3. The largest absolute Gasteiger partial charge is 0.484 e. The maximum atomic E-state index is 12.3. The van der Waals surface area contributed by atoms with Gasteiger partial charge < -0.3 is 10.1 Å². The van der Waals surface area contributed by atoms with Gasteiger partial charge in [-0.2, -0.15) is 5.10 Å². The van der Waals surface area contributed by atoms with Crippen LogP contribution in [0.1, 0.15) is 28.4 Å². The minimum atomic E-state index is -0.563. The van der Waals surface area contributed by atoms with Crippen molar-refractivity contribution >= 4 is 40.5 Å². The molecule has 2 N–H and O–H groups in total. The first-order chi connectivity index (χ1) is 16.2. The van der Waals surface area contributed by atoms with Crippen LogP contribution >= 0.6 is 11.6 Å². The first-order valence-electron chi connectivity index (χ1n) is 10.1. The lowest BCUT2D eigenvalue weighted by molar-refractivity contribution is -0.385. The van der Waals surface area contributed by atoms with Crippen LogP contribution in [-0.2, 0) is 4.79 Å². The fraction of sp³-hybridized carbons (Fsp3) is 0.125. The van der Waals surface area contributed by atoms with E-state index in [4.69, 9.17) is 16.3 Å². The Morgan fingerprint density at radius 3 is 2.32 bits per heavy atom. The van der Waals surface area contributed by atoms with Gasteiger partial charge in [0.2, 0.25) is 0 Å². The highest BCUT2D eigenvalue weighted by Gasteiger charge is 2.15. The van der Waals surface area contributed by atoms with Crippen LogP contribution in [0, 0.1) is 17.0 Å². The molecule has 34 heavy (non-hydrogen) atoms. The van der Waals surface area contributed by atoms with Crippen LogP contribution in [0.15, 0.2) is 71.8 Å². The first kappa shape index (κ1) is 24.4. The summed E-state index contributed by atoms with van der Waals surface area (Å²) in [6, 6.07) is 17.8. The van der Waals surface area contributed by atoms with Gasteiger partial charge in [0.25, 0.3) is 17.5 Å². The zero-order valence-corrected chi connectivity index (χ0v) is 19.1. The van der Waals surface area contributed by atoms with Gasteiger partial charge in [0.15, 0.2) is 6.61 Å². The zero-order valence-electron chi connectivity index (χ0n) is 18.4. The number of hydrogen-bond donors (Lipinski definition) is 2. The SMILES string of the molecule is CC(=NNC(=O)c1ccc(C)c([N+](=O)[O-])c1)c1ccc(NC(=O)COc2ccc(Cl)cc2)cc1.